The van der Waals surface area contributed by atoms with Crippen molar-refractivity contribution in [2.45, 2.75) is 50.2 Å². The monoisotopic (exact) mass is 550 g/mol. The first kappa shape index (κ1) is 27.0. The number of aryl methyl sites for hydroxylation is 3. The van der Waals surface area contributed by atoms with Gasteiger partial charge in [-0.3, -0.25) is 9.10 Å². The van der Waals surface area contributed by atoms with E-state index in [-0.39, 0.29) is 10.6 Å². The molecule has 0 saturated carbocycles. The molecule has 4 rings (SSSR count). The van der Waals surface area contributed by atoms with E-state index in [2.05, 4.69) is 5.32 Å². The van der Waals surface area contributed by atoms with E-state index in [1.165, 1.54) is 23.3 Å². The fourth-order valence-corrected chi connectivity index (χ4v) is 6.04. The topological polar surface area (TPSA) is 66.5 Å². The van der Waals surface area contributed by atoms with E-state index in [4.69, 9.17) is 11.6 Å². The van der Waals surface area contributed by atoms with Crippen LogP contribution in [-0.4, -0.2) is 20.9 Å². The van der Waals surface area contributed by atoms with Crippen molar-refractivity contribution in [3.05, 3.63) is 93.5 Å². The molecule has 0 saturated heterocycles. The molecule has 196 valence electrons. The summed E-state index contributed by atoms with van der Waals surface area (Å²) >= 11 is 5.75. The Morgan fingerprint density at radius 3 is 2.38 bits per heavy atom. The molecule has 3 aromatic rings. The van der Waals surface area contributed by atoms with Crippen LogP contribution in [-0.2, 0) is 33.8 Å². The van der Waals surface area contributed by atoms with Crippen LogP contribution < -0.4 is 9.62 Å². The van der Waals surface area contributed by atoms with E-state index in [0.717, 1.165) is 42.5 Å². The highest BCUT2D eigenvalue weighted by Crippen LogP contribution is 2.38. The van der Waals surface area contributed by atoms with Crippen molar-refractivity contribution in [3.63, 3.8) is 0 Å². The smallest absolute Gasteiger partial charge is 0.348 e. The van der Waals surface area contributed by atoms with Crippen LogP contribution in [0.2, 0.25) is 5.02 Å². The molecule has 0 unspecified atom stereocenters. The molecule has 3 aromatic carbocycles. The lowest BCUT2D eigenvalue weighted by Gasteiger charge is -2.26. The summed E-state index contributed by atoms with van der Waals surface area (Å²) in [4.78, 5) is 12.9. The number of sulfonamides is 1. The van der Waals surface area contributed by atoms with E-state index in [0.29, 0.717) is 10.4 Å². The minimum atomic E-state index is -4.81. The zero-order valence-corrected chi connectivity index (χ0v) is 21.8. The number of nitrogens with zero attached hydrogens (tertiary/aromatic N) is 1. The number of hydrogen-bond donors (Lipinski definition) is 1. The van der Waals surface area contributed by atoms with Gasteiger partial charge in [-0.25, -0.2) is 8.42 Å². The van der Waals surface area contributed by atoms with Gasteiger partial charge in [-0.2, -0.15) is 13.2 Å². The molecule has 10 heteroatoms. The molecule has 1 amide bonds. The Morgan fingerprint density at radius 1 is 1.03 bits per heavy atom. The maximum atomic E-state index is 13.5. The first-order valence-corrected chi connectivity index (χ1v) is 13.6. The highest BCUT2D eigenvalue weighted by Gasteiger charge is 2.35. The first-order chi connectivity index (χ1) is 17.4. The number of carbonyl (C=O) groups excluding carboxylic acids is 1. The van der Waals surface area contributed by atoms with Gasteiger partial charge in [0.1, 0.15) is 6.54 Å². The second-order valence-electron chi connectivity index (χ2n) is 9.16. The highest BCUT2D eigenvalue weighted by molar-refractivity contribution is 7.92. The standard InChI is InChI=1S/C27H26ClF3N2O3S/c1-17-6-11-23(12-7-17)37(35,36)33(22-10-13-25(28)24(15-22)27(29,30)31)16-26(34)32-18(2)20-9-8-19-4-3-5-21(19)14-20/h6-15,18H,3-5,16H2,1-2H3,(H,32,34)/t18-/m0/s1. The predicted octanol–water partition coefficient (Wildman–Crippen LogP) is 6.23. The minimum Gasteiger partial charge on any atom is -0.348 e. The van der Waals surface area contributed by atoms with Crippen LogP contribution in [0.1, 0.15) is 47.2 Å². The van der Waals surface area contributed by atoms with Gasteiger partial charge >= 0.3 is 6.18 Å². The van der Waals surface area contributed by atoms with Crippen molar-refractivity contribution < 1.29 is 26.4 Å². The summed E-state index contributed by atoms with van der Waals surface area (Å²) in [6.45, 7) is 2.83. The van der Waals surface area contributed by atoms with Gasteiger partial charge in [0.15, 0.2) is 0 Å². The summed E-state index contributed by atoms with van der Waals surface area (Å²) in [5.41, 5.74) is 2.66. The number of anilines is 1. The molecule has 0 bridgehead atoms. The molecule has 0 aliphatic heterocycles. The Balaban J connectivity index is 1.66. The van der Waals surface area contributed by atoms with Crippen molar-refractivity contribution >= 4 is 33.2 Å². The number of benzene rings is 3. The molecule has 0 heterocycles. The largest absolute Gasteiger partial charge is 0.417 e. The number of halogens is 4. The molecule has 0 aromatic heterocycles. The molecule has 1 aliphatic rings. The molecule has 0 fully saturated rings. The lowest BCUT2D eigenvalue weighted by atomic mass is 10.0. The van der Waals surface area contributed by atoms with Gasteiger partial charge in [0, 0.05) is 0 Å². The Bertz CT molecular complexity index is 1420. The fraction of sp³-hybridized carbons (Fsp3) is 0.296. The molecular formula is C27H26ClF3N2O3S. The molecule has 1 atom stereocenters. The van der Waals surface area contributed by atoms with E-state index in [1.807, 2.05) is 18.2 Å². The van der Waals surface area contributed by atoms with Gasteiger partial charge in [-0.15, -0.1) is 0 Å². The fourth-order valence-electron chi connectivity index (χ4n) is 4.40. The summed E-state index contributed by atoms with van der Waals surface area (Å²) in [5.74, 6) is -0.660. The Kier molecular flexibility index (Phi) is 7.57. The summed E-state index contributed by atoms with van der Waals surface area (Å²) < 4.78 is 68.4. The molecule has 1 N–H and O–H groups in total. The highest BCUT2D eigenvalue weighted by atomic mass is 35.5. The number of fused-ring (bicyclic) bond motifs is 1. The van der Waals surface area contributed by atoms with Gasteiger partial charge in [-0.1, -0.05) is 47.5 Å². The quantitative estimate of drug-likeness (QED) is 0.379. The van der Waals surface area contributed by atoms with E-state index in [9.17, 15) is 26.4 Å². The van der Waals surface area contributed by atoms with Crippen LogP contribution in [0.3, 0.4) is 0 Å². The summed E-state index contributed by atoms with van der Waals surface area (Å²) in [6, 6.07) is 14.2. The Morgan fingerprint density at radius 2 is 1.70 bits per heavy atom. The molecular weight excluding hydrogens is 525 g/mol. The van der Waals surface area contributed by atoms with Crippen LogP contribution in [0, 0.1) is 6.92 Å². The molecule has 37 heavy (non-hydrogen) atoms. The van der Waals surface area contributed by atoms with Crippen molar-refractivity contribution in [3.8, 4) is 0 Å². The summed E-state index contributed by atoms with van der Waals surface area (Å²) in [5, 5.41) is 2.21. The van der Waals surface area contributed by atoms with Crippen LogP contribution >= 0.6 is 11.6 Å². The number of carbonyl (C=O) groups is 1. The van der Waals surface area contributed by atoms with Gasteiger partial charge < -0.3 is 5.32 Å². The molecule has 1 aliphatic carbocycles. The van der Waals surface area contributed by atoms with Crippen molar-refractivity contribution in [1.29, 1.82) is 0 Å². The van der Waals surface area contributed by atoms with Crippen molar-refractivity contribution in [1.82, 2.24) is 5.32 Å². The van der Waals surface area contributed by atoms with Gasteiger partial charge in [0.05, 0.1) is 27.2 Å². The second kappa shape index (κ2) is 10.4. The van der Waals surface area contributed by atoms with Crippen molar-refractivity contribution in [2.24, 2.45) is 0 Å². The van der Waals surface area contributed by atoms with E-state index >= 15 is 0 Å². The van der Waals surface area contributed by atoms with Crippen LogP contribution in [0.15, 0.2) is 65.6 Å². The van der Waals surface area contributed by atoms with Crippen LogP contribution in [0.5, 0.6) is 0 Å². The number of hydrogen-bond acceptors (Lipinski definition) is 3. The van der Waals surface area contributed by atoms with Gasteiger partial charge in [0.25, 0.3) is 10.0 Å². The summed E-state index contributed by atoms with van der Waals surface area (Å²) in [6.07, 6.45) is -1.75. The van der Waals surface area contributed by atoms with Crippen molar-refractivity contribution in [2.75, 3.05) is 10.8 Å². The van der Waals surface area contributed by atoms with Gasteiger partial charge in [-0.05, 0) is 80.1 Å². The molecule has 5 nitrogen and oxygen atoms in total. The minimum absolute atomic E-state index is 0.152. The average Bonchev–Trinajstić information content (AvgIpc) is 3.30. The van der Waals surface area contributed by atoms with E-state index in [1.54, 1.807) is 26.0 Å². The lowest BCUT2D eigenvalue weighted by molar-refractivity contribution is -0.137. The second-order valence-corrected chi connectivity index (χ2v) is 11.4. The SMILES string of the molecule is Cc1ccc(S(=O)(=O)N(CC(=O)N[C@@H](C)c2ccc3c(c2)CCC3)c2ccc(Cl)c(C(F)(F)F)c2)cc1. The third kappa shape index (κ3) is 5.93. The third-order valence-electron chi connectivity index (χ3n) is 6.44. The lowest BCUT2D eigenvalue weighted by Crippen LogP contribution is -2.41. The third-order valence-corrected chi connectivity index (χ3v) is 8.56. The predicted molar refractivity (Wildman–Crippen MR) is 137 cm³/mol. The van der Waals surface area contributed by atoms with E-state index < -0.39 is 45.3 Å². The number of amides is 1. The maximum Gasteiger partial charge on any atom is 0.417 e. The number of nitrogens with one attached hydrogen (secondary N) is 1. The van der Waals surface area contributed by atoms with Crippen LogP contribution in [0.4, 0.5) is 18.9 Å². The zero-order valence-electron chi connectivity index (χ0n) is 20.3. The Labute approximate surface area is 219 Å². The maximum absolute atomic E-state index is 13.5. The first-order valence-electron chi connectivity index (χ1n) is 11.7. The zero-order chi connectivity index (χ0) is 27.0. The molecule has 0 spiro atoms. The molecule has 0 radical (unpaired) electrons. The summed E-state index contributed by atoms with van der Waals surface area (Å²) in [7, 11) is -4.39. The average molecular weight is 551 g/mol. The Hall–Kier alpha value is -3.04. The number of rotatable bonds is 7. The number of alkyl halides is 3. The van der Waals surface area contributed by atoms with Crippen LogP contribution in [0.25, 0.3) is 0 Å². The van der Waals surface area contributed by atoms with Gasteiger partial charge in [0.2, 0.25) is 5.91 Å². The normalized spacial score (nSPS) is 14.2.